The molecule has 0 bridgehead atoms. The van der Waals surface area contributed by atoms with Crippen molar-refractivity contribution >= 4 is 0 Å². The average molecular weight is 225 g/mol. The summed E-state index contributed by atoms with van der Waals surface area (Å²) < 4.78 is 5.72. The van der Waals surface area contributed by atoms with Gasteiger partial charge in [0.2, 0.25) is 0 Å². The molecule has 2 aromatic rings. The molecule has 0 radical (unpaired) electrons. The number of rotatable bonds is 2. The van der Waals surface area contributed by atoms with Crippen LogP contribution in [0.2, 0.25) is 0 Å². The van der Waals surface area contributed by atoms with Crippen LogP contribution in [0.3, 0.4) is 0 Å². The Morgan fingerprint density at radius 1 is 1.06 bits per heavy atom. The SMILES string of the molecule is NC[C@@H]1Cc2cc(-c3ccccc3)ccc2O1. The number of fused-ring (bicyclic) bond motifs is 1. The molecule has 3 rings (SSSR count). The fourth-order valence-electron chi connectivity index (χ4n) is 2.26. The lowest BCUT2D eigenvalue weighted by atomic mass is 10.0. The fraction of sp³-hybridized carbons (Fsp3) is 0.200. The zero-order valence-electron chi connectivity index (χ0n) is 9.60. The van der Waals surface area contributed by atoms with Gasteiger partial charge in [0, 0.05) is 13.0 Å². The van der Waals surface area contributed by atoms with Gasteiger partial charge in [-0.2, -0.15) is 0 Å². The van der Waals surface area contributed by atoms with Crippen LogP contribution in [0.1, 0.15) is 5.56 Å². The van der Waals surface area contributed by atoms with Gasteiger partial charge in [-0.05, 0) is 28.8 Å². The van der Waals surface area contributed by atoms with Crippen molar-refractivity contribution in [1.82, 2.24) is 0 Å². The zero-order valence-corrected chi connectivity index (χ0v) is 9.60. The molecule has 2 heteroatoms. The van der Waals surface area contributed by atoms with E-state index in [1.54, 1.807) is 0 Å². The Kier molecular flexibility index (Phi) is 2.57. The Hall–Kier alpha value is -1.80. The highest BCUT2D eigenvalue weighted by atomic mass is 16.5. The third-order valence-electron chi connectivity index (χ3n) is 3.17. The van der Waals surface area contributed by atoms with Crippen LogP contribution in [0.25, 0.3) is 11.1 Å². The van der Waals surface area contributed by atoms with Gasteiger partial charge in [-0.15, -0.1) is 0 Å². The zero-order chi connectivity index (χ0) is 11.7. The molecule has 0 saturated heterocycles. The molecule has 2 nitrogen and oxygen atoms in total. The van der Waals surface area contributed by atoms with Crippen LogP contribution in [-0.2, 0) is 6.42 Å². The van der Waals surface area contributed by atoms with Crippen LogP contribution in [0.15, 0.2) is 48.5 Å². The van der Waals surface area contributed by atoms with E-state index >= 15 is 0 Å². The van der Waals surface area contributed by atoms with Gasteiger partial charge in [0.15, 0.2) is 0 Å². The third kappa shape index (κ3) is 1.92. The summed E-state index contributed by atoms with van der Waals surface area (Å²) in [6, 6.07) is 16.8. The van der Waals surface area contributed by atoms with Gasteiger partial charge in [0.05, 0.1) is 0 Å². The summed E-state index contributed by atoms with van der Waals surface area (Å²) in [5, 5.41) is 0. The number of hydrogen-bond donors (Lipinski definition) is 1. The van der Waals surface area contributed by atoms with Gasteiger partial charge in [-0.25, -0.2) is 0 Å². The second kappa shape index (κ2) is 4.22. The molecule has 1 aliphatic rings. The van der Waals surface area contributed by atoms with Crippen LogP contribution in [0.4, 0.5) is 0 Å². The van der Waals surface area contributed by atoms with Crippen LogP contribution in [-0.4, -0.2) is 12.6 Å². The lowest BCUT2D eigenvalue weighted by Crippen LogP contribution is -2.24. The van der Waals surface area contributed by atoms with Gasteiger partial charge in [0.1, 0.15) is 11.9 Å². The number of nitrogens with two attached hydrogens (primary N) is 1. The Morgan fingerprint density at radius 3 is 2.65 bits per heavy atom. The first-order valence-electron chi connectivity index (χ1n) is 5.92. The minimum absolute atomic E-state index is 0.149. The maximum absolute atomic E-state index is 5.72. The van der Waals surface area contributed by atoms with Crippen molar-refractivity contribution in [3.8, 4) is 16.9 Å². The van der Waals surface area contributed by atoms with E-state index in [9.17, 15) is 0 Å². The van der Waals surface area contributed by atoms with Gasteiger partial charge >= 0.3 is 0 Å². The topological polar surface area (TPSA) is 35.2 Å². The summed E-state index contributed by atoms with van der Waals surface area (Å²) in [5.74, 6) is 0.986. The fourth-order valence-corrected chi connectivity index (χ4v) is 2.26. The summed E-state index contributed by atoms with van der Waals surface area (Å²) in [4.78, 5) is 0. The highest BCUT2D eigenvalue weighted by molar-refractivity contribution is 5.66. The molecule has 1 atom stereocenters. The Labute approximate surface area is 101 Å². The first kappa shape index (κ1) is 10.4. The van der Waals surface area contributed by atoms with Gasteiger partial charge in [-0.3, -0.25) is 0 Å². The molecule has 0 spiro atoms. The maximum Gasteiger partial charge on any atom is 0.123 e. The Bertz CT molecular complexity index is 522. The molecule has 0 aliphatic carbocycles. The summed E-state index contributed by atoms with van der Waals surface area (Å²) >= 11 is 0. The van der Waals surface area contributed by atoms with E-state index < -0.39 is 0 Å². The van der Waals surface area contributed by atoms with Gasteiger partial charge in [-0.1, -0.05) is 36.4 Å². The summed E-state index contributed by atoms with van der Waals surface area (Å²) in [6.07, 6.45) is 1.07. The first-order chi connectivity index (χ1) is 8.36. The van der Waals surface area contributed by atoms with Crippen molar-refractivity contribution in [2.75, 3.05) is 6.54 Å². The first-order valence-corrected chi connectivity index (χ1v) is 5.92. The highest BCUT2D eigenvalue weighted by Gasteiger charge is 2.21. The van der Waals surface area contributed by atoms with E-state index in [1.165, 1.54) is 16.7 Å². The molecule has 0 aromatic heterocycles. The average Bonchev–Trinajstić information content (AvgIpc) is 2.81. The van der Waals surface area contributed by atoms with Crippen LogP contribution in [0.5, 0.6) is 5.75 Å². The normalized spacial score (nSPS) is 17.6. The smallest absolute Gasteiger partial charge is 0.123 e. The third-order valence-corrected chi connectivity index (χ3v) is 3.17. The molecule has 0 amide bonds. The molecule has 2 aromatic carbocycles. The molecular formula is C15H15NO. The van der Waals surface area contributed by atoms with E-state index in [0.717, 1.165) is 12.2 Å². The lowest BCUT2D eigenvalue weighted by molar-refractivity contribution is 0.241. The number of hydrogen-bond acceptors (Lipinski definition) is 2. The maximum atomic E-state index is 5.72. The van der Waals surface area contributed by atoms with Crippen molar-refractivity contribution in [2.45, 2.75) is 12.5 Å². The van der Waals surface area contributed by atoms with Crippen LogP contribution < -0.4 is 10.5 Å². The predicted octanol–water partition coefficient (Wildman–Crippen LogP) is 2.62. The minimum atomic E-state index is 0.149. The van der Waals surface area contributed by atoms with Crippen molar-refractivity contribution in [3.63, 3.8) is 0 Å². The van der Waals surface area contributed by atoms with Crippen molar-refractivity contribution in [2.24, 2.45) is 5.73 Å². The van der Waals surface area contributed by atoms with E-state index in [1.807, 2.05) is 12.1 Å². The van der Waals surface area contributed by atoms with Gasteiger partial charge in [0.25, 0.3) is 0 Å². The molecule has 1 heterocycles. The highest BCUT2D eigenvalue weighted by Crippen LogP contribution is 2.32. The lowest BCUT2D eigenvalue weighted by Gasteiger charge is -2.06. The Balaban J connectivity index is 1.96. The van der Waals surface area contributed by atoms with Gasteiger partial charge < -0.3 is 10.5 Å². The molecule has 0 saturated carbocycles. The monoisotopic (exact) mass is 225 g/mol. The molecule has 1 aliphatic heterocycles. The van der Waals surface area contributed by atoms with E-state index in [4.69, 9.17) is 10.5 Å². The van der Waals surface area contributed by atoms with Crippen molar-refractivity contribution in [3.05, 3.63) is 54.1 Å². The molecule has 2 N–H and O–H groups in total. The standard InChI is InChI=1S/C15H15NO/c16-10-14-9-13-8-12(6-7-15(13)17-14)11-4-2-1-3-5-11/h1-8,14H,9-10,16H2/t14-/m0/s1. The molecule has 0 fully saturated rings. The minimum Gasteiger partial charge on any atom is -0.488 e. The largest absolute Gasteiger partial charge is 0.488 e. The number of benzene rings is 2. The van der Waals surface area contributed by atoms with E-state index in [2.05, 4.69) is 36.4 Å². The second-order valence-electron chi connectivity index (χ2n) is 4.37. The molecule has 17 heavy (non-hydrogen) atoms. The van der Waals surface area contributed by atoms with Crippen molar-refractivity contribution in [1.29, 1.82) is 0 Å². The summed E-state index contributed by atoms with van der Waals surface area (Å²) in [7, 11) is 0. The molecule has 0 unspecified atom stereocenters. The quantitative estimate of drug-likeness (QED) is 0.852. The molecular weight excluding hydrogens is 210 g/mol. The van der Waals surface area contributed by atoms with Crippen molar-refractivity contribution < 1.29 is 4.74 Å². The predicted molar refractivity (Wildman–Crippen MR) is 69.1 cm³/mol. The Morgan fingerprint density at radius 2 is 1.88 bits per heavy atom. The van der Waals surface area contributed by atoms with E-state index in [0.29, 0.717) is 6.54 Å². The summed E-state index contributed by atoms with van der Waals surface area (Å²) in [5.41, 5.74) is 9.39. The van der Waals surface area contributed by atoms with Crippen LogP contribution in [0, 0.1) is 0 Å². The number of ether oxygens (including phenoxy) is 1. The van der Waals surface area contributed by atoms with Crippen LogP contribution >= 0.6 is 0 Å². The molecule has 86 valence electrons. The van der Waals surface area contributed by atoms with E-state index in [-0.39, 0.29) is 6.10 Å². The summed E-state index contributed by atoms with van der Waals surface area (Å²) in [6.45, 7) is 0.579. The second-order valence-corrected chi connectivity index (χ2v) is 4.37.